The van der Waals surface area contributed by atoms with Crippen LogP contribution in [0.15, 0.2) is 158 Å². The summed E-state index contributed by atoms with van der Waals surface area (Å²) in [6, 6.07) is 54.1. The molecule has 0 fully saturated rings. The van der Waals surface area contributed by atoms with E-state index in [0.717, 1.165) is 66.7 Å². The Hall–Kier alpha value is -6.46. The molecule has 0 saturated heterocycles. The van der Waals surface area contributed by atoms with E-state index < -0.39 is 0 Å². The number of rotatable bonds is 5. The molecule has 9 rings (SSSR count). The fourth-order valence-corrected chi connectivity index (χ4v) is 7.27. The van der Waals surface area contributed by atoms with E-state index in [1.165, 1.54) is 5.56 Å². The highest BCUT2D eigenvalue weighted by Gasteiger charge is 2.24. The molecule has 0 unspecified atom stereocenters. The minimum Gasteiger partial charge on any atom is -0.507 e. The van der Waals surface area contributed by atoms with Gasteiger partial charge in [-0.1, -0.05) is 118 Å². The molecule has 0 saturated carbocycles. The van der Waals surface area contributed by atoms with Gasteiger partial charge in [0.2, 0.25) is 0 Å². The number of phenolic OH excluding ortho intramolecular Hbond substituents is 1. The minimum absolute atomic E-state index is 0.0424. The van der Waals surface area contributed by atoms with Crippen molar-refractivity contribution in [2.24, 2.45) is 0 Å². The second-order valence-corrected chi connectivity index (χ2v) is 14.1. The van der Waals surface area contributed by atoms with Gasteiger partial charge in [-0.05, 0) is 77.2 Å². The number of pyridine rings is 1. The van der Waals surface area contributed by atoms with Crippen LogP contribution in [-0.4, -0.2) is 24.2 Å². The molecule has 0 bridgehead atoms. The Labute approximate surface area is 296 Å². The first-order valence-electron chi connectivity index (χ1n) is 17.3. The van der Waals surface area contributed by atoms with Gasteiger partial charge in [0.1, 0.15) is 17.2 Å². The zero-order chi connectivity index (χ0) is 34.7. The molecule has 3 heterocycles. The van der Waals surface area contributed by atoms with Gasteiger partial charge in [0.15, 0.2) is 0 Å². The third kappa shape index (κ3) is 5.09. The number of aromatic hydroxyl groups is 1. The van der Waals surface area contributed by atoms with Gasteiger partial charge >= 0.3 is 0 Å². The second kappa shape index (κ2) is 11.9. The van der Waals surface area contributed by atoms with Crippen LogP contribution in [0.1, 0.15) is 26.3 Å². The number of fused-ring (bicyclic) bond motifs is 4. The summed E-state index contributed by atoms with van der Waals surface area (Å²) in [6.45, 7) is 6.72. The van der Waals surface area contributed by atoms with Gasteiger partial charge in [0.25, 0.3) is 0 Å². The molecular weight excluding hydrogens is 625 g/mol. The number of hydrogen-bond donors (Lipinski definition) is 1. The van der Waals surface area contributed by atoms with E-state index in [2.05, 4.69) is 151 Å². The fourth-order valence-electron chi connectivity index (χ4n) is 7.27. The van der Waals surface area contributed by atoms with Crippen molar-refractivity contribution in [2.75, 3.05) is 0 Å². The predicted octanol–water partition coefficient (Wildman–Crippen LogP) is 11.5. The Morgan fingerprint density at radius 1 is 0.529 bits per heavy atom. The van der Waals surface area contributed by atoms with Crippen LogP contribution in [0.4, 0.5) is 0 Å². The molecule has 3 aromatic heterocycles. The Balaban J connectivity index is 1.34. The highest BCUT2D eigenvalue weighted by Crippen LogP contribution is 2.41. The maximum absolute atomic E-state index is 11.2. The molecule has 0 aliphatic rings. The zero-order valence-electron chi connectivity index (χ0n) is 28.7. The average Bonchev–Trinajstić information content (AvgIpc) is 3.71. The van der Waals surface area contributed by atoms with Gasteiger partial charge in [-0.3, -0.25) is 9.13 Å². The largest absolute Gasteiger partial charge is 0.507 e. The van der Waals surface area contributed by atoms with Crippen LogP contribution < -0.4 is 0 Å². The third-order valence-corrected chi connectivity index (χ3v) is 9.83. The first-order chi connectivity index (χ1) is 24.9. The predicted molar refractivity (Wildman–Crippen MR) is 210 cm³/mol. The van der Waals surface area contributed by atoms with Crippen molar-refractivity contribution in [1.29, 1.82) is 0 Å². The van der Waals surface area contributed by atoms with Crippen LogP contribution in [-0.2, 0) is 5.41 Å². The summed E-state index contributed by atoms with van der Waals surface area (Å²) in [5, 5.41) is 13.5. The molecule has 0 aliphatic carbocycles. The zero-order valence-corrected chi connectivity index (χ0v) is 28.7. The van der Waals surface area contributed by atoms with Crippen molar-refractivity contribution in [3.63, 3.8) is 0 Å². The molecule has 0 atom stereocenters. The van der Waals surface area contributed by atoms with E-state index in [-0.39, 0.29) is 11.2 Å². The average molecular weight is 661 g/mol. The maximum Gasteiger partial charge on any atom is 0.149 e. The Kier molecular flexibility index (Phi) is 7.11. The van der Waals surface area contributed by atoms with E-state index in [0.29, 0.717) is 11.4 Å². The smallest absolute Gasteiger partial charge is 0.149 e. The van der Waals surface area contributed by atoms with Crippen molar-refractivity contribution >= 4 is 33.0 Å². The van der Waals surface area contributed by atoms with Gasteiger partial charge in [0.05, 0.1) is 33.5 Å². The lowest BCUT2D eigenvalue weighted by molar-refractivity contribution is 0.477. The van der Waals surface area contributed by atoms with Gasteiger partial charge in [-0.15, -0.1) is 0 Å². The second-order valence-electron chi connectivity index (χ2n) is 14.1. The molecule has 1 N–H and O–H groups in total. The van der Waals surface area contributed by atoms with Gasteiger partial charge < -0.3 is 5.11 Å². The molecule has 0 radical (unpaired) electrons. The minimum atomic E-state index is -0.0424. The van der Waals surface area contributed by atoms with Crippen LogP contribution in [0.2, 0.25) is 0 Å². The molecule has 0 spiro atoms. The highest BCUT2D eigenvalue weighted by atomic mass is 16.3. The number of imidazole rings is 1. The topological polar surface area (TPSA) is 55.9 Å². The SMILES string of the molecule is CC(C)(C)c1ccc(-n2c(-c3ccccc3O)nc3c(-c4ccc5c6ccccc6n(-c6ccccc6)c5n4)cccc32)c(-c2ccccc2)c1. The lowest BCUT2D eigenvalue weighted by Gasteiger charge is -2.23. The summed E-state index contributed by atoms with van der Waals surface area (Å²) < 4.78 is 4.44. The van der Waals surface area contributed by atoms with Crippen molar-refractivity contribution in [3.8, 4) is 50.9 Å². The summed E-state index contributed by atoms with van der Waals surface area (Å²) in [5.74, 6) is 0.839. The summed E-state index contributed by atoms with van der Waals surface area (Å²) in [5.41, 5.74) is 11.6. The lowest BCUT2D eigenvalue weighted by Crippen LogP contribution is -2.12. The van der Waals surface area contributed by atoms with Crippen LogP contribution in [0, 0.1) is 0 Å². The molecule has 6 aromatic carbocycles. The third-order valence-electron chi connectivity index (χ3n) is 9.83. The molecule has 246 valence electrons. The monoisotopic (exact) mass is 660 g/mol. The normalized spacial score (nSPS) is 11.9. The molecular formula is C46H36N4O. The summed E-state index contributed by atoms with van der Waals surface area (Å²) in [4.78, 5) is 10.7. The molecule has 51 heavy (non-hydrogen) atoms. The van der Waals surface area contributed by atoms with E-state index in [1.807, 2.05) is 30.3 Å². The van der Waals surface area contributed by atoms with Crippen LogP contribution in [0.5, 0.6) is 5.75 Å². The van der Waals surface area contributed by atoms with Crippen LogP contribution >= 0.6 is 0 Å². The molecule has 9 aromatic rings. The van der Waals surface area contributed by atoms with E-state index in [9.17, 15) is 5.11 Å². The highest BCUT2D eigenvalue weighted by molar-refractivity contribution is 6.09. The maximum atomic E-state index is 11.2. The van der Waals surface area contributed by atoms with Gasteiger partial charge in [-0.2, -0.15) is 0 Å². The summed E-state index contributed by atoms with van der Waals surface area (Å²) >= 11 is 0. The van der Waals surface area contributed by atoms with Crippen molar-refractivity contribution in [3.05, 3.63) is 163 Å². The molecule has 5 nitrogen and oxygen atoms in total. The summed E-state index contributed by atoms with van der Waals surface area (Å²) in [6.07, 6.45) is 0. The quantitative estimate of drug-likeness (QED) is 0.200. The Morgan fingerprint density at radius 3 is 2.00 bits per heavy atom. The van der Waals surface area contributed by atoms with Gasteiger partial charge in [-0.25, -0.2) is 9.97 Å². The number of aromatic nitrogens is 4. The van der Waals surface area contributed by atoms with Crippen molar-refractivity contribution < 1.29 is 5.11 Å². The van der Waals surface area contributed by atoms with Crippen LogP contribution in [0.25, 0.3) is 78.1 Å². The Morgan fingerprint density at radius 2 is 1.22 bits per heavy atom. The van der Waals surface area contributed by atoms with E-state index in [1.54, 1.807) is 6.07 Å². The van der Waals surface area contributed by atoms with E-state index >= 15 is 0 Å². The Bertz CT molecular complexity index is 2730. The lowest BCUT2D eigenvalue weighted by atomic mass is 9.85. The number of phenols is 1. The number of benzene rings is 6. The summed E-state index contributed by atoms with van der Waals surface area (Å²) in [7, 11) is 0. The number of para-hydroxylation sites is 4. The van der Waals surface area contributed by atoms with E-state index in [4.69, 9.17) is 9.97 Å². The molecule has 0 aliphatic heterocycles. The molecule has 0 amide bonds. The number of hydrogen-bond acceptors (Lipinski definition) is 3. The van der Waals surface area contributed by atoms with Crippen LogP contribution in [0.3, 0.4) is 0 Å². The van der Waals surface area contributed by atoms with Gasteiger partial charge in [0, 0.05) is 27.6 Å². The first kappa shape index (κ1) is 30.6. The van der Waals surface area contributed by atoms with Crippen molar-refractivity contribution in [1.82, 2.24) is 19.1 Å². The first-order valence-corrected chi connectivity index (χ1v) is 17.3. The molecule has 5 heteroatoms. The fraction of sp³-hybridized carbons (Fsp3) is 0.0870. The number of nitrogens with zero attached hydrogens (tertiary/aromatic N) is 4. The van der Waals surface area contributed by atoms with Crippen molar-refractivity contribution in [2.45, 2.75) is 26.2 Å². The standard InChI is InChI=1S/C46H36N4O/c1-46(2,3)31-25-28-40(37(29-31)30-15-6-4-7-16-30)50-41-23-14-21-35(43(41)48-45(50)36-20-11-13-24-42(36)51)38-27-26-34-33-19-10-12-22-39(33)49(44(34)47-38)32-17-8-5-9-18-32/h4-29,51H,1-3H3.